The van der Waals surface area contributed by atoms with E-state index in [2.05, 4.69) is 0 Å². The number of rotatable bonds is 5. The number of ketones is 1. The number of hydrogen-bond acceptors (Lipinski definition) is 2. The fraction of sp³-hybridized carbons (Fsp3) is 0.444. The maximum atomic E-state index is 12.6. The van der Waals surface area contributed by atoms with E-state index in [1.807, 2.05) is 25.3 Å². The van der Waals surface area contributed by atoms with Gasteiger partial charge in [-0.15, -0.1) is 0 Å². The molecule has 2 rings (SSSR count). The van der Waals surface area contributed by atoms with Crippen molar-refractivity contribution in [3.05, 3.63) is 40.4 Å². The monoisotopic (exact) mass is 303 g/mol. The minimum atomic E-state index is -0.0403. The minimum Gasteiger partial charge on any atom is -0.294 e. The topological polar surface area (TPSA) is 34.1 Å². The van der Waals surface area contributed by atoms with Crippen molar-refractivity contribution in [2.45, 2.75) is 45.4 Å². The second kappa shape index (κ2) is 7.56. The molecule has 0 spiro atoms. The highest BCUT2D eigenvalue weighted by atomic mass is 35.5. The van der Waals surface area contributed by atoms with Gasteiger partial charge in [-0.2, -0.15) is 0 Å². The van der Waals surface area contributed by atoms with Gasteiger partial charge in [0.2, 0.25) is 6.29 Å². The second-order valence-electron chi connectivity index (χ2n) is 5.52. The van der Waals surface area contributed by atoms with Crippen LogP contribution in [0.1, 0.15) is 51.0 Å². The van der Waals surface area contributed by atoms with Gasteiger partial charge in [-0.3, -0.25) is 9.59 Å². The largest absolute Gasteiger partial charge is 0.294 e. The molecule has 0 heterocycles. The number of carbonyl (C=O) groups is 1. The Balaban J connectivity index is 2.38. The Morgan fingerprint density at radius 3 is 2.57 bits per heavy atom. The third-order valence-corrected chi connectivity index (χ3v) is 4.39. The molecule has 0 amide bonds. The van der Waals surface area contributed by atoms with Crippen LogP contribution in [0.2, 0.25) is 5.02 Å². The van der Waals surface area contributed by atoms with Gasteiger partial charge in [0.1, 0.15) is 0 Å². The zero-order valence-corrected chi connectivity index (χ0v) is 13.1. The first kappa shape index (κ1) is 16.0. The molecule has 1 aromatic carbocycles. The van der Waals surface area contributed by atoms with E-state index in [0.717, 1.165) is 36.8 Å². The van der Waals surface area contributed by atoms with Crippen LogP contribution in [0.4, 0.5) is 0 Å². The summed E-state index contributed by atoms with van der Waals surface area (Å²) in [6.45, 7) is 1.95. The fourth-order valence-electron chi connectivity index (χ4n) is 3.03. The standard InChI is InChI=1S/C18H20ClO2/c1-2-16(14-9-6-10-15(19)11-14)17(12-20)18(21)13-7-4-3-5-8-13/h6,9-11,13H,2-5,7-8H2,1H3. The van der Waals surface area contributed by atoms with E-state index < -0.39 is 0 Å². The van der Waals surface area contributed by atoms with E-state index in [-0.39, 0.29) is 17.3 Å². The van der Waals surface area contributed by atoms with Crippen molar-refractivity contribution >= 4 is 29.2 Å². The summed E-state index contributed by atoms with van der Waals surface area (Å²) >= 11 is 6.02. The predicted molar refractivity (Wildman–Crippen MR) is 85.9 cm³/mol. The molecule has 3 heteroatoms. The number of allylic oxidation sites excluding steroid dienone is 2. The zero-order chi connectivity index (χ0) is 15.2. The number of benzene rings is 1. The number of hydrogen-bond donors (Lipinski definition) is 0. The van der Waals surface area contributed by atoms with Crippen LogP contribution < -0.4 is 0 Å². The molecule has 21 heavy (non-hydrogen) atoms. The van der Waals surface area contributed by atoms with Crippen molar-refractivity contribution < 1.29 is 9.59 Å². The average Bonchev–Trinajstić information content (AvgIpc) is 2.52. The number of Topliss-reactive ketones (excluding diaryl/α,β-unsaturated/α-hetero) is 1. The van der Waals surface area contributed by atoms with Crippen LogP contribution in [0.15, 0.2) is 29.8 Å². The molecule has 1 saturated carbocycles. The molecule has 1 fully saturated rings. The molecule has 0 aromatic heterocycles. The summed E-state index contributed by atoms with van der Waals surface area (Å²) in [6.07, 6.45) is 7.61. The molecule has 0 bridgehead atoms. The first-order chi connectivity index (χ1) is 10.2. The lowest BCUT2D eigenvalue weighted by Gasteiger charge is -2.21. The highest BCUT2D eigenvalue weighted by molar-refractivity contribution is 6.30. The van der Waals surface area contributed by atoms with Gasteiger partial charge in [0, 0.05) is 10.9 Å². The summed E-state index contributed by atoms with van der Waals surface area (Å²) in [6, 6.07) is 7.30. The Hall–Kier alpha value is -1.41. The van der Waals surface area contributed by atoms with E-state index >= 15 is 0 Å². The Morgan fingerprint density at radius 1 is 1.29 bits per heavy atom. The quantitative estimate of drug-likeness (QED) is 0.446. The summed E-state index contributed by atoms with van der Waals surface area (Å²) in [5, 5.41) is 0.605. The van der Waals surface area contributed by atoms with Crippen LogP contribution >= 0.6 is 11.6 Å². The Bertz CT molecular complexity index is 554. The maximum Gasteiger partial charge on any atom is 0.237 e. The van der Waals surface area contributed by atoms with Crippen LogP contribution in [0.3, 0.4) is 0 Å². The van der Waals surface area contributed by atoms with E-state index in [1.165, 1.54) is 6.42 Å². The summed E-state index contributed by atoms with van der Waals surface area (Å²) in [5.74, 6) is -0.0579. The normalized spacial score (nSPS) is 17.2. The van der Waals surface area contributed by atoms with Crippen molar-refractivity contribution in [3.63, 3.8) is 0 Å². The van der Waals surface area contributed by atoms with E-state index in [1.54, 1.807) is 12.1 Å². The highest BCUT2D eigenvalue weighted by Crippen LogP contribution is 2.30. The zero-order valence-electron chi connectivity index (χ0n) is 12.3. The van der Waals surface area contributed by atoms with Crippen molar-refractivity contribution in [3.8, 4) is 0 Å². The van der Waals surface area contributed by atoms with Crippen molar-refractivity contribution in [2.75, 3.05) is 0 Å². The minimum absolute atomic E-state index is 0.0177. The average molecular weight is 304 g/mol. The molecule has 1 aliphatic rings. The van der Waals surface area contributed by atoms with Crippen molar-refractivity contribution in [1.29, 1.82) is 0 Å². The van der Waals surface area contributed by atoms with Gasteiger partial charge in [-0.1, -0.05) is 49.9 Å². The van der Waals surface area contributed by atoms with Gasteiger partial charge >= 0.3 is 0 Å². The van der Waals surface area contributed by atoms with Crippen LogP contribution in [-0.2, 0) is 9.59 Å². The van der Waals surface area contributed by atoms with Crippen LogP contribution in [-0.4, -0.2) is 12.1 Å². The van der Waals surface area contributed by atoms with Crippen molar-refractivity contribution in [1.82, 2.24) is 0 Å². The van der Waals surface area contributed by atoms with Gasteiger partial charge in [0.15, 0.2) is 5.78 Å². The molecule has 1 aromatic rings. The van der Waals surface area contributed by atoms with Crippen LogP contribution in [0.5, 0.6) is 0 Å². The lowest BCUT2D eigenvalue weighted by Crippen LogP contribution is -2.21. The Kier molecular flexibility index (Phi) is 5.75. The molecular formula is C18H20ClO2. The third kappa shape index (κ3) is 3.82. The first-order valence-corrected chi connectivity index (χ1v) is 7.96. The first-order valence-electron chi connectivity index (χ1n) is 7.58. The summed E-state index contributed by atoms with van der Waals surface area (Å²) in [7, 11) is 0. The van der Waals surface area contributed by atoms with Gasteiger partial charge in [-0.05, 0) is 42.5 Å². The molecule has 0 saturated heterocycles. The number of halogens is 1. The summed E-state index contributed by atoms with van der Waals surface area (Å²) < 4.78 is 0. The van der Waals surface area contributed by atoms with E-state index in [0.29, 0.717) is 11.4 Å². The van der Waals surface area contributed by atoms with Crippen LogP contribution in [0.25, 0.3) is 5.57 Å². The molecule has 111 valence electrons. The lowest BCUT2D eigenvalue weighted by atomic mass is 9.82. The lowest BCUT2D eigenvalue weighted by molar-refractivity contribution is -0.119. The Morgan fingerprint density at radius 2 is 2.00 bits per heavy atom. The smallest absolute Gasteiger partial charge is 0.237 e. The molecule has 0 aliphatic heterocycles. The number of carbonyl (C=O) groups excluding carboxylic acids is 2. The molecule has 2 nitrogen and oxygen atoms in total. The summed E-state index contributed by atoms with van der Waals surface area (Å²) in [5.41, 5.74) is 1.81. The molecule has 1 aliphatic carbocycles. The van der Waals surface area contributed by atoms with Gasteiger partial charge in [0.25, 0.3) is 0 Å². The Labute approximate surface area is 131 Å². The molecular weight excluding hydrogens is 284 g/mol. The second-order valence-corrected chi connectivity index (χ2v) is 5.96. The molecule has 0 N–H and O–H groups in total. The third-order valence-electron chi connectivity index (χ3n) is 4.15. The van der Waals surface area contributed by atoms with E-state index in [9.17, 15) is 9.59 Å². The fourth-order valence-corrected chi connectivity index (χ4v) is 3.22. The van der Waals surface area contributed by atoms with Crippen molar-refractivity contribution in [2.24, 2.45) is 5.92 Å². The van der Waals surface area contributed by atoms with Gasteiger partial charge in [0.05, 0.1) is 5.57 Å². The van der Waals surface area contributed by atoms with E-state index in [4.69, 9.17) is 11.6 Å². The molecule has 0 unspecified atom stereocenters. The van der Waals surface area contributed by atoms with Gasteiger partial charge < -0.3 is 0 Å². The van der Waals surface area contributed by atoms with Gasteiger partial charge in [-0.25, -0.2) is 0 Å². The van der Waals surface area contributed by atoms with Crippen LogP contribution in [0, 0.1) is 5.92 Å². The molecule has 0 atom stereocenters. The highest BCUT2D eigenvalue weighted by Gasteiger charge is 2.26. The maximum absolute atomic E-state index is 12.6. The predicted octanol–water partition coefficient (Wildman–Crippen LogP) is 4.76. The SMILES string of the molecule is CCC(=C([C]=O)C(=O)C1CCCCC1)c1cccc(Cl)c1. The molecule has 1 radical (unpaired) electrons. The summed E-state index contributed by atoms with van der Waals surface area (Å²) in [4.78, 5) is 24.0.